The van der Waals surface area contributed by atoms with E-state index in [0.29, 0.717) is 0 Å². The normalized spacial score (nSPS) is 47.1. The fraction of sp³-hybridized carbons (Fsp3) is 1.00. The third kappa shape index (κ3) is 1.88. The lowest BCUT2D eigenvalue weighted by molar-refractivity contribution is 0.159. The van der Waals surface area contributed by atoms with E-state index in [9.17, 15) is 0 Å². The van der Waals surface area contributed by atoms with Crippen LogP contribution in [0, 0.1) is 16.7 Å². The summed E-state index contributed by atoms with van der Waals surface area (Å²) in [5.41, 5.74) is -1.87. The van der Waals surface area contributed by atoms with Gasteiger partial charge in [-0.3, -0.25) is 0 Å². The summed E-state index contributed by atoms with van der Waals surface area (Å²) < 4.78 is -1.34. The predicted molar refractivity (Wildman–Crippen MR) is 88.7 cm³/mol. The second-order valence-electron chi connectivity index (χ2n) is 5.02. The first-order valence-electron chi connectivity index (χ1n) is 5.36. The van der Waals surface area contributed by atoms with Crippen molar-refractivity contribution in [2.75, 3.05) is 11.8 Å². The summed E-state index contributed by atoms with van der Waals surface area (Å²) in [7, 11) is 0. The molecule has 2 aliphatic carbocycles. The lowest BCUT2D eigenvalue weighted by Gasteiger charge is -2.46. The summed E-state index contributed by atoms with van der Waals surface area (Å²) in [5.74, 6) is -0.257. The van der Waals surface area contributed by atoms with Crippen LogP contribution in [0.15, 0.2) is 0 Å². The van der Waals surface area contributed by atoms with Gasteiger partial charge < -0.3 is 0 Å². The van der Waals surface area contributed by atoms with Gasteiger partial charge in [0.05, 0.1) is 16.1 Å². The molecule has 0 radical (unpaired) electrons. The Bertz CT molecular complexity index is 366. The highest BCUT2D eigenvalue weighted by Gasteiger charge is 2.84. The summed E-state index contributed by atoms with van der Waals surface area (Å²) in [6.07, 6.45) is 0. The van der Waals surface area contributed by atoms with Gasteiger partial charge in [-0.1, -0.05) is 23.2 Å². The first-order valence-corrected chi connectivity index (χ1v) is 9.37. The third-order valence-corrected chi connectivity index (χ3v) is 9.30. The van der Waals surface area contributed by atoms with Crippen LogP contribution in [0.4, 0.5) is 0 Å². The second-order valence-corrected chi connectivity index (χ2v) is 9.50. The molecule has 5 atom stereocenters. The molecule has 0 N–H and O–H groups in total. The van der Waals surface area contributed by atoms with Gasteiger partial charge in [0, 0.05) is 28.5 Å². The maximum Gasteiger partial charge on any atom is 0.140 e. The fourth-order valence-corrected chi connectivity index (χ4v) is 9.03. The van der Waals surface area contributed by atoms with E-state index in [2.05, 4.69) is 0 Å². The van der Waals surface area contributed by atoms with Crippen LogP contribution in [0.5, 0.6) is 0 Å². The molecule has 0 aromatic carbocycles. The SMILES string of the molecule is ClCC1(CCl)[C@H]2[C@@H](Cl)[C@@H](Cl)[C@]1(C(Cl)Cl)[C@H](Cl)C2(Cl)Cl. The molecule has 0 unspecified atom stereocenters. The number of hydrogen-bond donors (Lipinski definition) is 0. The van der Waals surface area contributed by atoms with Crippen LogP contribution in [-0.4, -0.2) is 37.1 Å². The van der Waals surface area contributed by atoms with E-state index in [0.717, 1.165) is 0 Å². The summed E-state index contributed by atoms with van der Waals surface area (Å²) in [5, 5.41) is -1.99. The van der Waals surface area contributed by atoms with Crippen LogP contribution >= 0.6 is 104 Å². The molecular formula is C10H9Cl9. The zero-order valence-corrected chi connectivity index (χ0v) is 16.0. The lowest BCUT2D eigenvalue weighted by Crippen LogP contribution is -2.55. The fourth-order valence-electron chi connectivity index (χ4n) is 3.61. The molecule has 2 aliphatic rings. The van der Waals surface area contributed by atoms with Crippen molar-refractivity contribution in [2.45, 2.75) is 25.3 Å². The molecule has 2 saturated carbocycles. The van der Waals surface area contributed by atoms with Crippen LogP contribution in [0.3, 0.4) is 0 Å². The van der Waals surface area contributed by atoms with E-state index in [1.807, 2.05) is 0 Å². The highest BCUT2D eigenvalue weighted by atomic mass is 35.5. The molecule has 0 heterocycles. The number of alkyl halides is 9. The van der Waals surface area contributed by atoms with Crippen molar-refractivity contribution >= 4 is 104 Å². The minimum atomic E-state index is -1.34. The second kappa shape index (κ2) is 5.60. The average molecular weight is 448 g/mol. The zero-order valence-electron chi connectivity index (χ0n) is 9.20. The first kappa shape index (κ1) is 18.0. The van der Waals surface area contributed by atoms with Crippen molar-refractivity contribution in [2.24, 2.45) is 16.7 Å². The van der Waals surface area contributed by atoms with Gasteiger partial charge in [0.1, 0.15) is 9.17 Å². The molecular weight excluding hydrogens is 439 g/mol. The number of fused-ring (bicyclic) bond motifs is 2. The Kier molecular flexibility index (Phi) is 5.30. The maximum atomic E-state index is 6.46. The zero-order chi connectivity index (χ0) is 14.8. The van der Waals surface area contributed by atoms with Gasteiger partial charge in [-0.2, -0.15) is 0 Å². The molecule has 2 fully saturated rings. The van der Waals surface area contributed by atoms with Crippen molar-refractivity contribution < 1.29 is 0 Å². The van der Waals surface area contributed by atoms with E-state index >= 15 is 0 Å². The van der Waals surface area contributed by atoms with E-state index in [-0.39, 0.29) is 11.8 Å². The number of rotatable bonds is 3. The molecule has 0 amide bonds. The molecule has 0 aliphatic heterocycles. The average Bonchev–Trinajstić information content (AvgIpc) is 2.64. The van der Waals surface area contributed by atoms with Crippen molar-refractivity contribution in [3.8, 4) is 0 Å². The van der Waals surface area contributed by atoms with Crippen LogP contribution < -0.4 is 0 Å². The monoisotopic (exact) mass is 444 g/mol. The quantitative estimate of drug-likeness (QED) is 0.473. The van der Waals surface area contributed by atoms with Gasteiger partial charge >= 0.3 is 0 Å². The van der Waals surface area contributed by atoms with Gasteiger partial charge in [-0.05, 0) is 0 Å². The topological polar surface area (TPSA) is 0 Å². The Morgan fingerprint density at radius 1 is 0.947 bits per heavy atom. The number of hydrogen-bond acceptors (Lipinski definition) is 0. The molecule has 2 rings (SSSR count). The molecule has 0 nitrogen and oxygen atoms in total. The Balaban J connectivity index is 2.74. The summed E-state index contributed by atoms with van der Waals surface area (Å²) in [6.45, 7) is 0. The molecule has 9 heteroatoms. The van der Waals surface area contributed by atoms with Crippen LogP contribution in [0.25, 0.3) is 0 Å². The van der Waals surface area contributed by atoms with E-state index < -0.39 is 42.0 Å². The molecule has 19 heavy (non-hydrogen) atoms. The Labute approximate surface area is 157 Å². The summed E-state index contributed by atoms with van der Waals surface area (Å²) in [4.78, 5) is -0.944. The Morgan fingerprint density at radius 3 is 1.74 bits per heavy atom. The first-order chi connectivity index (χ1) is 8.66. The van der Waals surface area contributed by atoms with Crippen molar-refractivity contribution in [1.29, 1.82) is 0 Å². The van der Waals surface area contributed by atoms with Crippen molar-refractivity contribution in [3.63, 3.8) is 0 Å². The highest BCUT2D eigenvalue weighted by Crippen LogP contribution is 2.78. The number of halogens is 9. The molecule has 2 bridgehead atoms. The third-order valence-electron chi connectivity index (χ3n) is 4.52. The largest absolute Gasteiger partial charge is 0.140 e. The molecule has 112 valence electrons. The standard InChI is InChI=1S/C10H9Cl9/c11-1-8(2-12)4-3(13)5(14)9(8,7(16)17)6(15)10(4,18)19/h3-7H,1-2H2/t3-,4-,5-,6+,9-/m1/s1. The van der Waals surface area contributed by atoms with Gasteiger partial charge in [0.25, 0.3) is 0 Å². The van der Waals surface area contributed by atoms with Crippen LogP contribution in [0.1, 0.15) is 0 Å². The predicted octanol–water partition coefficient (Wildman–Crippen LogP) is 5.88. The Morgan fingerprint density at radius 2 is 1.42 bits per heavy atom. The minimum Gasteiger partial charge on any atom is -0.126 e. The van der Waals surface area contributed by atoms with Crippen molar-refractivity contribution in [3.05, 3.63) is 0 Å². The summed E-state index contributed by atoms with van der Waals surface area (Å²) in [6, 6.07) is 0. The van der Waals surface area contributed by atoms with Crippen LogP contribution in [-0.2, 0) is 0 Å². The minimum absolute atomic E-state index is 0.119. The van der Waals surface area contributed by atoms with Crippen LogP contribution in [0.2, 0.25) is 0 Å². The lowest BCUT2D eigenvalue weighted by atomic mass is 9.70. The van der Waals surface area contributed by atoms with E-state index in [4.69, 9.17) is 104 Å². The van der Waals surface area contributed by atoms with E-state index in [1.165, 1.54) is 0 Å². The highest BCUT2D eigenvalue weighted by molar-refractivity contribution is 6.55. The van der Waals surface area contributed by atoms with Gasteiger partial charge in [-0.25, -0.2) is 0 Å². The van der Waals surface area contributed by atoms with Gasteiger partial charge in [0.15, 0.2) is 0 Å². The van der Waals surface area contributed by atoms with Gasteiger partial charge in [0.2, 0.25) is 0 Å². The molecule has 0 saturated heterocycles. The Hall–Kier alpha value is 2.61. The van der Waals surface area contributed by atoms with E-state index in [1.54, 1.807) is 0 Å². The molecule has 0 aromatic rings. The smallest absolute Gasteiger partial charge is 0.126 e. The van der Waals surface area contributed by atoms with Crippen molar-refractivity contribution in [1.82, 2.24) is 0 Å². The van der Waals surface area contributed by atoms with Gasteiger partial charge in [-0.15, -0.1) is 81.2 Å². The molecule has 0 aromatic heterocycles. The summed E-state index contributed by atoms with van der Waals surface area (Å²) >= 11 is 56.8. The molecule has 0 spiro atoms. The maximum absolute atomic E-state index is 6.46.